The van der Waals surface area contributed by atoms with Gasteiger partial charge in [-0.1, -0.05) is 25.0 Å². The fraction of sp³-hybridized carbons (Fsp3) is 0.438. The van der Waals surface area contributed by atoms with E-state index < -0.39 is 5.97 Å². The first-order valence-corrected chi connectivity index (χ1v) is 7.67. The Balaban J connectivity index is 2.12. The highest BCUT2D eigenvalue weighted by Crippen LogP contribution is 2.31. The summed E-state index contributed by atoms with van der Waals surface area (Å²) >= 11 is 0. The molecular formula is C16H22N4O3. The van der Waals surface area contributed by atoms with Crippen molar-refractivity contribution in [2.24, 2.45) is 28.3 Å². The van der Waals surface area contributed by atoms with Gasteiger partial charge in [0.25, 0.3) is 0 Å². The number of aromatic carboxylic acids is 1. The number of hydrogen-bond acceptors (Lipinski definition) is 3. The van der Waals surface area contributed by atoms with Gasteiger partial charge >= 0.3 is 5.97 Å². The molecule has 7 nitrogen and oxygen atoms in total. The topological polar surface area (TPSA) is 131 Å². The predicted molar refractivity (Wildman–Crippen MR) is 88.2 cm³/mol. The number of carbonyl (C=O) groups excluding carboxylic acids is 1. The molecule has 124 valence electrons. The van der Waals surface area contributed by atoms with Crippen molar-refractivity contribution in [1.29, 1.82) is 0 Å². The summed E-state index contributed by atoms with van der Waals surface area (Å²) in [7, 11) is 0. The average Bonchev–Trinajstić information content (AvgIpc) is 2.53. The van der Waals surface area contributed by atoms with E-state index in [4.69, 9.17) is 11.5 Å². The third-order valence-electron chi connectivity index (χ3n) is 4.17. The lowest BCUT2D eigenvalue weighted by Gasteiger charge is -2.29. The number of rotatable bonds is 5. The molecule has 1 aromatic carbocycles. The first-order chi connectivity index (χ1) is 11.0. The van der Waals surface area contributed by atoms with E-state index in [0.29, 0.717) is 12.2 Å². The normalized spacial score (nSPS) is 20.5. The summed E-state index contributed by atoms with van der Waals surface area (Å²) in [4.78, 5) is 27.8. The first-order valence-electron chi connectivity index (χ1n) is 7.67. The zero-order valence-electron chi connectivity index (χ0n) is 12.9. The highest BCUT2D eigenvalue weighted by molar-refractivity contribution is 6.01. The first kappa shape index (κ1) is 16.8. The van der Waals surface area contributed by atoms with Crippen LogP contribution in [0.25, 0.3) is 0 Å². The van der Waals surface area contributed by atoms with E-state index in [0.717, 1.165) is 25.7 Å². The van der Waals surface area contributed by atoms with Crippen LogP contribution in [0.1, 0.15) is 36.0 Å². The van der Waals surface area contributed by atoms with E-state index in [2.05, 4.69) is 10.3 Å². The minimum Gasteiger partial charge on any atom is -0.478 e. The number of aliphatic imine (C=N–C) groups is 1. The number of nitrogens with one attached hydrogen (secondary N) is 1. The Labute approximate surface area is 134 Å². The molecule has 6 N–H and O–H groups in total. The Morgan fingerprint density at radius 2 is 1.91 bits per heavy atom. The molecule has 2 rings (SSSR count). The predicted octanol–water partition coefficient (Wildman–Crippen LogP) is 1.40. The van der Waals surface area contributed by atoms with E-state index in [-0.39, 0.29) is 29.3 Å². The van der Waals surface area contributed by atoms with Crippen LogP contribution < -0.4 is 16.8 Å². The Hall–Kier alpha value is -2.57. The van der Waals surface area contributed by atoms with Gasteiger partial charge in [-0.15, -0.1) is 0 Å². The molecule has 2 atom stereocenters. The van der Waals surface area contributed by atoms with Gasteiger partial charge in [-0.05, 0) is 30.9 Å². The van der Waals surface area contributed by atoms with Gasteiger partial charge in [0.05, 0.1) is 11.3 Å². The molecule has 1 fully saturated rings. The number of nitrogens with zero attached hydrogens (tertiary/aromatic N) is 1. The lowest BCUT2D eigenvalue weighted by Crippen LogP contribution is -2.34. The minimum absolute atomic E-state index is 0.0194. The molecule has 0 saturated heterocycles. The Morgan fingerprint density at radius 3 is 2.61 bits per heavy atom. The molecule has 7 heteroatoms. The van der Waals surface area contributed by atoms with Crippen molar-refractivity contribution < 1.29 is 14.7 Å². The summed E-state index contributed by atoms with van der Waals surface area (Å²) in [6.45, 7) is 0.418. The summed E-state index contributed by atoms with van der Waals surface area (Å²) in [5.74, 6) is -1.36. The summed E-state index contributed by atoms with van der Waals surface area (Å²) < 4.78 is 0. The smallest absolute Gasteiger partial charge is 0.337 e. The average molecular weight is 318 g/mol. The van der Waals surface area contributed by atoms with Gasteiger partial charge in [-0.25, -0.2) is 4.79 Å². The molecule has 2 unspecified atom stereocenters. The number of guanidine groups is 1. The van der Waals surface area contributed by atoms with Gasteiger partial charge in [0, 0.05) is 12.5 Å². The number of hydrogen-bond donors (Lipinski definition) is 4. The van der Waals surface area contributed by atoms with Crippen molar-refractivity contribution in [2.45, 2.75) is 25.7 Å². The monoisotopic (exact) mass is 318 g/mol. The van der Waals surface area contributed by atoms with Crippen LogP contribution in [0.3, 0.4) is 0 Å². The molecule has 1 aliphatic rings. The number of amides is 1. The fourth-order valence-electron chi connectivity index (χ4n) is 3.00. The third-order valence-corrected chi connectivity index (χ3v) is 4.17. The SMILES string of the molecule is NC(N)=NCC1CCCCC1C(=O)Nc1ccccc1C(=O)O. The molecule has 1 saturated carbocycles. The number of carbonyl (C=O) groups is 2. The lowest BCUT2D eigenvalue weighted by atomic mass is 9.78. The van der Waals surface area contributed by atoms with E-state index >= 15 is 0 Å². The number of para-hydroxylation sites is 1. The van der Waals surface area contributed by atoms with Crippen LogP contribution in [-0.2, 0) is 4.79 Å². The van der Waals surface area contributed by atoms with Crippen LogP contribution in [0, 0.1) is 11.8 Å². The van der Waals surface area contributed by atoms with Crippen LogP contribution in [0.2, 0.25) is 0 Å². The van der Waals surface area contributed by atoms with E-state index in [9.17, 15) is 14.7 Å². The van der Waals surface area contributed by atoms with Gasteiger partial charge in [0.15, 0.2) is 5.96 Å². The largest absolute Gasteiger partial charge is 0.478 e. The standard InChI is InChI=1S/C16H22N4O3/c17-16(18)19-9-10-5-1-2-6-11(10)14(21)20-13-8-4-3-7-12(13)15(22)23/h3-4,7-8,10-11H,1-2,5-6,9H2,(H,20,21)(H,22,23)(H4,17,18,19). The van der Waals surface area contributed by atoms with Crippen molar-refractivity contribution in [3.05, 3.63) is 29.8 Å². The molecule has 1 aliphatic carbocycles. The minimum atomic E-state index is -1.07. The van der Waals surface area contributed by atoms with Crippen molar-refractivity contribution in [2.75, 3.05) is 11.9 Å². The van der Waals surface area contributed by atoms with Crippen LogP contribution in [0.5, 0.6) is 0 Å². The maximum absolute atomic E-state index is 12.6. The zero-order valence-corrected chi connectivity index (χ0v) is 12.9. The third kappa shape index (κ3) is 4.45. The molecule has 1 amide bonds. The number of carboxylic acids is 1. The van der Waals surface area contributed by atoms with Gasteiger partial charge in [-0.2, -0.15) is 0 Å². The summed E-state index contributed by atoms with van der Waals surface area (Å²) in [5, 5.41) is 11.9. The molecule has 1 aromatic rings. The second-order valence-corrected chi connectivity index (χ2v) is 5.76. The second-order valence-electron chi connectivity index (χ2n) is 5.76. The Bertz CT molecular complexity index is 611. The van der Waals surface area contributed by atoms with Crippen LogP contribution >= 0.6 is 0 Å². The van der Waals surface area contributed by atoms with E-state index in [1.165, 1.54) is 6.07 Å². The number of nitrogens with two attached hydrogens (primary N) is 2. The van der Waals surface area contributed by atoms with Crippen molar-refractivity contribution in [3.63, 3.8) is 0 Å². The molecular weight excluding hydrogens is 296 g/mol. The lowest BCUT2D eigenvalue weighted by molar-refractivity contribution is -0.122. The van der Waals surface area contributed by atoms with Crippen molar-refractivity contribution in [3.8, 4) is 0 Å². The molecule has 0 aromatic heterocycles. The molecule has 0 spiro atoms. The fourth-order valence-corrected chi connectivity index (χ4v) is 3.00. The highest BCUT2D eigenvalue weighted by atomic mass is 16.4. The van der Waals surface area contributed by atoms with Crippen LogP contribution in [-0.4, -0.2) is 29.5 Å². The Kier molecular flexibility index (Phi) is 5.56. The van der Waals surface area contributed by atoms with Gasteiger partial charge < -0.3 is 21.9 Å². The summed E-state index contributed by atoms with van der Waals surface area (Å²) in [6.07, 6.45) is 3.65. The zero-order chi connectivity index (χ0) is 16.8. The highest BCUT2D eigenvalue weighted by Gasteiger charge is 2.31. The molecule has 0 heterocycles. The molecule has 0 bridgehead atoms. The number of anilines is 1. The van der Waals surface area contributed by atoms with Gasteiger partial charge in [-0.3, -0.25) is 9.79 Å². The molecule has 0 radical (unpaired) electrons. The summed E-state index contributed by atoms with van der Waals surface area (Å²) in [5.41, 5.74) is 11.1. The molecule has 23 heavy (non-hydrogen) atoms. The quantitative estimate of drug-likeness (QED) is 0.481. The number of carboxylic acid groups (broad SMARTS) is 1. The van der Waals surface area contributed by atoms with Crippen molar-refractivity contribution in [1.82, 2.24) is 0 Å². The van der Waals surface area contributed by atoms with Crippen LogP contribution in [0.15, 0.2) is 29.3 Å². The van der Waals surface area contributed by atoms with Gasteiger partial charge in [0.1, 0.15) is 0 Å². The molecule has 0 aliphatic heterocycles. The number of benzene rings is 1. The second kappa shape index (κ2) is 7.62. The maximum atomic E-state index is 12.6. The Morgan fingerprint density at radius 1 is 1.22 bits per heavy atom. The maximum Gasteiger partial charge on any atom is 0.337 e. The van der Waals surface area contributed by atoms with E-state index in [1.807, 2.05) is 0 Å². The summed E-state index contributed by atoms with van der Waals surface area (Å²) in [6, 6.07) is 6.38. The van der Waals surface area contributed by atoms with Crippen molar-refractivity contribution >= 4 is 23.5 Å². The van der Waals surface area contributed by atoms with Gasteiger partial charge in [0.2, 0.25) is 5.91 Å². The van der Waals surface area contributed by atoms with E-state index in [1.54, 1.807) is 18.2 Å². The van der Waals surface area contributed by atoms with Crippen LogP contribution in [0.4, 0.5) is 5.69 Å².